The normalized spacial score (nSPS) is 17.1. The third-order valence-corrected chi connectivity index (χ3v) is 3.28. The highest BCUT2D eigenvalue weighted by molar-refractivity contribution is 5.77. The number of carbonyl (C=O) groups is 1. The van der Waals surface area contributed by atoms with Crippen LogP contribution in [0, 0.1) is 0 Å². The summed E-state index contributed by atoms with van der Waals surface area (Å²) in [6.07, 6.45) is 2.78. The topological polar surface area (TPSA) is 75.1 Å². The van der Waals surface area contributed by atoms with E-state index in [-0.39, 0.29) is 5.91 Å². The van der Waals surface area contributed by atoms with Gasteiger partial charge in [-0.3, -0.25) is 9.69 Å². The monoisotopic (exact) mass is 266 g/mol. The lowest BCUT2D eigenvalue weighted by atomic mass is 10.4. The number of hydrogen-bond donors (Lipinski definition) is 2. The van der Waals surface area contributed by atoms with Gasteiger partial charge in [-0.1, -0.05) is 0 Å². The van der Waals surface area contributed by atoms with Crippen molar-refractivity contribution in [3.05, 3.63) is 12.2 Å². The number of aryl methyl sites for hydroxylation is 1. The minimum absolute atomic E-state index is 0.0487. The van der Waals surface area contributed by atoms with Crippen molar-refractivity contribution >= 4 is 5.91 Å². The molecular formula is C12H22N6O. The van der Waals surface area contributed by atoms with E-state index in [4.69, 9.17) is 0 Å². The number of carbonyl (C=O) groups excluding carboxylic acids is 1. The molecule has 2 heterocycles. The number of nitrogens with zero attached hydrogens (tertiary/aromatic N) is 4. The molecule has 19 heavy (non-hydrogen) atoms. The molecule has 1 saturated heterocycles. The van der Waals surface area contributed by atoms with E-state index in [2.05, 4.69) is 25.7 Å². The highest BCUT2D eigenvalue weighted by atomic mass is 16.2. The van der Waals surface area contributed by atoms with Crippen LogP contribution in [0.3, 0.4) is 0 Å². The van der Waals surface area contributed by atoms with Crippen molar-refractivity contribution in [2.45, 2.75) is 26.4 Å². The molecule has 1 aliphatic rings. The van der Waals surface area contributed by atoms with E-state index in [0.717, 1.165) is 45.0 Å². The number of aromatic nitrogens is 3. The Hall–Kier alpha value is -1.47. The number of hydrogen-bond acceptors (Lipinski definition) is 5. The van der Waals surface area contributed by atoms with E-state index in [1.54, 1.807) is 6.33 Å². The molecule has 1 aromatic rings. The van der Waals surface area contributed by atoms with Gasteiger partial charge in [0.05, 0.1) is 13.1 Å². The molecule has 1 amide bonds. The van der Waals surface area contributed by atoms with Crippen LogP contribution < -0.4 is 10.6 Å². The molecule has 2 N–H and O–H groups in total. The molecule has 0 aliphatic carbocycles. The average molecular weight is 266 g/mol. The van der Waals surface area contributed by atoms with Crippen molar-refractivity contribution < 1.29 is 4.79 Å². The summed E-state index contributed by atoms with van der Waals surface area (Å²) in [6.45, 7) is 7.65. The van der Waals surface area contributed by atoms with Crippen molar-refractivity contribution in [3.63, 3.8) is 0 Å². The first kappa shape index (κ1) is 14.0. The van der Waals surface area contributed by atoms with Crippen LogP contribution >= 0.6 is 0 Å². The van der Waals surface area contributed by atoms with Crippen LogP contribution in [-0.2, 0) is 17.9 Å². The molecule has 0 radical (unpaired) electrons. The van der Waals surface area contributed by atoms with Gasteiger partial charge in [0.15, 0.2) is 5.82 Å². The molecule has 0 spiro atoms. The summed E-state index contributed by atoms with van der Waals surface area (Å²) in [5.74, 6) is 0.848. The Labute approximate surface area is 113 Å². The third-order valence-electron chi connectivity index (χ3n) is 3.28. The van der Waals surface area contributed by atoms with Crippen molar-refractivity contribution in [1.82, 2.24) is 30.3 Å². The Morgan fingerprint density at radius 1 is 1.47 bits per heavy atom. The molecule has 106 valence electrons. The number of rotatable bonds is 5. The van der Waals surface area contributed by atoms with Gasteiger partial charge in [-0.15, -0.1) is 10.2 Å². The molecule has 1 aromatic heterocycles. The lowest BCUT2D eigenvalue weighted by Crippen LogP contribution is -2.39. The summed E-state index contributed by atoms with van der Waals surface area (Å²) >= 11 is 0. The fourth-order valence-electron chi connectivity index (χ4n) is 2.18. The highest BCUT2D eigenvalue weighted by Gasteiger charge is 2.13. The van der Waals surface area contributed by atoms with Crippen molar-refractivity contribution in [2.75, 3.05) is 32.7 Å². The first-order valence-electron chi connectivity index (χ1n) is 6.86. The smallest absolute Gasteiger partial charge is 0.234 e. The van der Waals surface area contributed by atoms with Gasteiger partial charge in [0.2, 0.25) is 5.91 Å². The molecule has 0 atom stereocenters. The molecule has 1 aliphatic heterocycles. The predicted molar refractivity (Wildman–Crippen MR) is 71.5 cm³/mol. The second kappa shape index (κ2) is 7.20. The van der Waals surface area contributed by atoms with Crippen LogP contribution in [0.25, 0.3) is 0 Å². The third kappa shape index (κ3) is 4.29. The van der Waals surface area contributed by atoms with Gasteiger partial charge in [0, 0.05) is 19.6 Å². The molecule has 7 nitrogen and oxygen atoms in total. The van der Waals surface area contributed by atoms with Gasteiger partial charge in [-0.05, 0) is 26.4 Å². The zero-order chi connectivity index (χ0) is 13.5. The van der Waals surface area contributed by atoms with Crippen LogP contribution in [0.5, 0.6) is 0 Å². The van der Waals surface area contributed by atoms with Crippen LogP contribution in [0.1, 0.15) is 19.2 Å². The maximum Gasteiger partial charge on any atom is 0.234 e. The number of amides is 1. The standard InChI is InChI=1S/C12H22N6O/c1-2-18-10-15-16-11(18)8-14-12(19)9-17-6-3-4-13-5-7-17/h10,13H,2-9H2,1H3,(H,14,19). The minimum Gasteiger partial charge on any atom is -0.348 e. The lowest BCUT2D eigenvalue weighted by Gasteiger charge is -2.18. The van der Waals surface area contributed by atoms with E-state index in [0.29, 0.717) is 13.1 Å². The zero-order valence-corrected chi connectivity index (χ0v) is 11.4. The Kier molecular flexibility index (Phi) is 5.29. The van der Waals surface area contributed by atoms with Crippen LogP contribution in [-0.4, -0.2) is 58.3 Å². The first-order valence-corrected chi connectivity index (χ1v) is 6.86. The quantitative estimate of drug-likeness (QED) is 0.730. The largest absolute Gasteiger partial charge is 0.348 e. The predicted octanol–water partition coefficient (Wildman–Crippen LogP) is -0.790. The fraction of sp³-hybridized carbons (Fsp3) is 0.750. The molecule has 7 heteroatoms. The second-order valence-corrected chi connectivity index (χ2v) is 4.69. The Balaban J connectivity index is 1.74. The molecule has 0 unspecified atom stereocenters. The van der Waals surface area contributed by atoms with Crippen molar-refractivity contribution in [1.29, 1.82) is 0 Å². The first-order chi connectivity index (χ1) is 9.29. The molecule has 1 fully saturated rings. The maximum atomic E-state index is 11.9. The minimum atomic E-state index is 0.0487. The highest BCUT2D eigenvalue weighted by Crippen LogP contribution is 1.96. The van der Waals surface area contributed by atoms with Crippen molar-refractivity contribution in [2.24, 2.45) is 0 Å². The van der Waals surface area contributed by atoms with E-state index in [1.807, 2.05) is 11.5 Å². The van der Waals surface area contributed by atoms with Crippen LogP contribution in [0.15, 0.2) is 6.33 Å². The van der Waals surface area contributed by atoms with E-state index in [9.17, 15) is 4.79 Å². The van der Waals surface area contributed by atoms with Crippen molar-refractivity contribution in [3.8, 4) is 0 Å². The van der Waals surface area contributed by atoms with E-state index >= 15 is 0 Å². The summed E-state index contributed by atoms with van der Waals surface area (Å²) in [5.41, 5.74) is 0. The van der Waals surface area contributed by atoms with E-state index < -0.39 is 0 Å². The molecular weight excluding hydrogens is 244 g/mol. The van der Waals surface area contributed by atoms with E-state index in [1.165, 1.54) is 0 Å². The summed E-state index contributed by atoms with van der Waals surface area (Å²) in [6, 6.07) is 0. The SMILES string of the molecule is CCn1cnnc1CNC(=O)CN1CCCNCC1. The Bertz CT molecular complexity index is 397. The molecule has 0 bridgehead atoms. The number of nitrogens with one attached hydrogen (secondary N) is 2. The fourth-order valence-corrected chi connectivity index (χ4v) is 2.18. The van der Waals surface area contributed by atoms with Gasteiger partial charge in [0.1, 0.15) is 6.33 Å². The zero-order valence-electron chi connectivity index (χ0n) is 11.4. The van der Waals surface area contributed by atoms with Gasteiger partial charge in [0.25, 0.3) is 0 Å². The summed E-state index contributed by atoms with van der Waals surface area (Å²) in [7, 11) is 0. The van der Waals surface area contributed by atoms with Gasteiger partial charge in [-0.2, -0.15) is 0 Å². The second-order valence-electron chi connectivity index (χ2n) is 4.69. The molecule has 2 rings (SSSR count). The van der Waals surface area contributed by atoms with Crippen LogP contribution in [0.2, 0.25) is 0 Å². The average Bonchev–Trinajstić information content (AvgIpc) is 2.72. The van der Waals surface area contributed by atoms with Gasteiger partial charge in [-0.25, -0.2) is 0 Å². The van der Waals surface area contributed by atoms with Gasteiger partial charge < -0.3 is 15.2 Å². The van der Waals surface area contributed by atoms with Crippen LogP contribution in [0.4, 0.5) is 0 Å². The maximum absolute atomic E-state index is 11.9. The Morgan fingerprint density at radius 3 is 3.21 bits per heavy atom. The summed E-state index contributed by atoms with van der Waals surface area (Å²) in [4.78, 5) is 14.1. The Morgan fingerprint density at radius 2 is 2.37 bits per heavy atom. The van der Waals surface area contributed by atoms with Gasteiger partial charge >= 0.3 is 0 Å². The molecule has 0 saturated carbocycles. The summed E-state index contributed by atoms with van der Waals surface area (Å²) in [5, 5.41) is 14.1. The molecule has 0 aromatic carbocycles. The lowest BCUT2D eigenvalue weighted by molar-refractivity contribution is -0.122. The summed E-state index contributed by atoms with van der Waals surface area (Å²) < 4.78 is 1.93.